The fourth-order valence-corrected chi connectivity index (χ4v) is 3.68. The van der Waals surface area contributed by atoms with Crippen LogP contribution in [0.5, 0.6) is 5.75 Å². The van der Waals surface area contributed by atoms with Crippen molar-refractivity contribution in [2.75, 3.05) is 50.1 Å². The molecule has 0 aromatic heterocycles. The van der Waals surface area contributed by atoms with Crippen LogP contribution in [0.4, 0.5) is 27.1 Å². The number of halogens is 1. The van der Waals surface area contributed by atoms with Gasteiger partial charge in [-0.1, -0.05) is 20.4 Å². The molecule has 32 heavy (non-hydrogen) atoms. The van der Waals surface area contributed by atoms with E-state index in [-0.39, 0.29) is 28.3 Å². The number of aliphatic hydroxyl groups excluding tert-OH is 1. The van der Waals surface area contributed by atoms with Crippen LogP contribution < -0.4 is 15.0 Å². The fraction of sp³-hybridized carbons (Fsp3) is 0.391. The van der Waals surface area contributed by atoms with Crippen molar-refractivity contribution in [3.63, 3.8) is 0 Å². The maximum Gasteiger partial charge on any atom is 0.295 e. The lowest BCUT2D eigenvalue weighted by Crippen LogP contribution is -2.49. The van der Waals surface area contributed by atoms with E-state index in [4.69, 9.17) is 4.74 Å². The van der Waals surface area contributed by atoms with Crippen LogP contribution in [0.25, 0.3) is 0 Å². The highest BCUT2D eigenvalue weighted by atomic mass is 19.1. The standard InChI is InChI=1S/C23H29FN4O4/c1-16(29)23(2,3)15-26-9-11-27(12-10-26)18-7-5-17(6-8-18)25-20-14-22(32-4)19(24)13-21(20)28(30)31/h5-8,13-14,25,29H,1,9-12,15H2,2-4H3. The molecule has 2 N–H and O–H groups in total. The van der Waals surface area contributed by atoms with Crippen molar-refractivity contribution in [3.8, 4) is 5.75 Å². The summed E-state index contributed by atoms with van der Waals surface area (Å²) in [4.78, 5) is 15.3. The number of methoxy groups -OCH3 is 1. The number of nitro groups is 1. The molecule has 9 heteroatoms. The highest BCUT2D eigenvalue weighted by Crippen LogP contribution is 2.34. The minimum absolute atomic E-state index is 0.0689. The molecule has 0 amide bonds. The average Bonchev–Trinajstić information content (AvgIpc) is 2.75. The number of nitro benzene ring substituents is 1. The molecule has 1 fully saturated rings. The van der Waals surface area contributed by atoms with Crippen LogP contribution in [0.1, 0.15) is 13.8 Å². The number of hydrogen-bond donors (Lipinski definition) is 2. The van der Waals surface area contributed by atoms with Crippen LogP contribution in [0.2, 0.25) is 0 Å². The van der Waals surface area contributed by atoms with Crippen molar-refractivity contribution in [1.29, 1.82) is 0 Å². The number of ether oxygens (including phenoxy) is 1. The van der Waals surface area contributed by atoms with Crippen molar-refractivity contribution < 1.29 is 19.2 Å². The monoisotopic (exact) mass is 444 g/mol. The van der Waals surface area contributed by atoms with E-state index >= 15 is 0 Å². The molecular formula is C23H29FN4O4. The Balaban J connectivity index is 1.66. The van der Waals surface area contributed by atoms with Gasteiger partial charge in [0, 0.05) is 55.6 Å². The lowest BCUT2D eigenvalue weighted by molar-refractivity contribution is -0.384. The molecule has 2 aromatic carbocycles. The third-order valence-corrected chi connectivity index (χ3v) is 5.75. The minimum Gasteiger partial charge on any atom is -0.512 e. The van der Waals surface area contributed by atoms with E-state index in [0.717, 1.165) is 44.5 Å². The lowest BCUT2D eigenvalue weighted by atomic mass is 9.90. The zero-order valence-corrected chi connectivity index (χ0v) is 18.6. The number of piperazine rings is 1. The normalized spacial score (nSPS) is 14.8. The molecule has 0 bridgehead atoms. The van der Waals surface area contributed by atoms with E-state index in [1.165, 1.54) is 13.2 Å². The Labute approximate surface area is 187 Å². The molecule has 0 saturated carbocycles. The molecule has 0 radical (unpaired) electrons. The van der Waals surface area contributed by atoms with Gasteiger partial charge in [-0.2, -0.15) is 0 Å². The second kappa shape index (κ2) is 9.44. The first-order valence-electron chi connectivity index (χ1n) is 10.4. The number of anilines is 3. The quantitative estimate of drug-likeness (QED) is 0.346. The maximum atomic E-state index is 13.9. The Kier molecular flexibility index (Phi) is 6.88. The van der Waals surface area contributed by atoms with E-state index in [9.17, 15) is 19.6 Å². The van der Waals surface area contributed by atoms with Gasteiger partial charge in [-0.25, -0.2) is 4.39 Å². The Morgan fingerprint density at radius 3 is 2.41 bits per heavy atom. The Morgan fingerprint density at radius 2 is 1.88 bits per heavy atom. The van der Waals surface area contributed by atoms with Gasteiger partial charge in [-0.15, -0.1) is 0 Å². The lowest BCUT2D eigenvalue weighted by Gasteiger charge is -2.39. The number of nitrogens with one attached hydrogen (secondary N) is 1. The molecule has 8 nitrogen and oxygen atoms in total. The van der Waals surface area contributed by atoms with Crippen molar-refractivity contribution >= 4 is 22.7 Å². The van der Waals surface area contributed by atoms with Gasteiger partial charge in [0.15, 0.2) is 11.6 Å². The first kappa shape index (κ1) is 23.3. The van der Waals surface area contributed by atoms with Gasteiger partial charge in [0.1, 0.15) is 5.69 Å². The second-order valence-electron chi connectivity index (χ2n) is 8.53. The summed E-state index contributed by atoms with van der Waals surface area (Å²) in [6.45, 7) is 11.8. The molecule has 1 saturated heterocycles. The van der Waals surface area contributed by atoms with Gasteiger partial charge in [0.2, 0.25) is 0 Å². The molecule has 1 heterocycles. The molecule has 2 aromatic rings. The summed E-state index contributed by atoms with van der Waals surface area (Å²) in [5.74, 6) is -0.659. The Bertz CT molecular complexity index is 986. The fourth-order valence-electron chi connectivity index (χ4n) is 3.68. The van der Waals surface area contributed by atoms with Gasteiger partial charge in [-0.05, 0) is 24.3 Å². The van der Waals surface area contributed by atoms with Crippen LogP contribution in [-0.2, 0) is 0 Å². The minimum atomic E-state index is -0.786. The zero-order chi connectivity index (χ0) is 23.5. The van der Waals surface area contributed by atoms with Crippen LogP contribution in [-0.4, -0.2) is 54.8 Å². The first-order valence-corrected chi connectivity index (χ1v) is 10.4. The van der Waals surface area contributed by atoms with Gasteiger partial charge in [0.05, 0.1) is 23.9 Å². The van der Waals surface area contributed by atoms with E-state index in [1.54, 1.807) is 0 Å². The van der Waals surface area contributed by atoms with Crippen molar-refractivity contribution in [2.45, 2.75) is 13.8 Å². The topological polar surface area (TPSA) is 91.1 Å². The molecule has 0 unspecified atom stereocenters. The summed E-state index contributed by atoms with van der Waals surface area (Å²) in [5.41, 5.74) is 1.14. The van der Waals surface area contributed by atoms with Gasteiger partial charge in [-0.3, -0.25) is 15.0 Å². The molecule has 0 spiro atoms. The van der Waals surface area contributed by atoms with Gasteiger partial charge in [0.25, 0.3) is 5.69 Å². The number of aliphatic hydroxyl groups is 1. The first-order chi connectivity index (χ1) is 15.1. The third kappa shape index (κ3) is 5.28. The predicted molar refractivity (Wildman–Crippen MR) is 124 cm³/mol. The van der Waals surface area contributed by atoms with Crippen LogP contribution in [0.15, 0.2) is 48.7 Å². The van der Waals surface area contributed by atoms with E-state index < -0.39 is 10.7 Å². The number of rotatable bonds is 8. The van der Waals surface area contributed by atoms with E-state index in [1.807, 2.05) is 38.1 Å². The molecule has 0 aliphatic carbocycles. The summed E-state index contributed by atoms with van der Waals surface area (Å²) in [6.07, 6.45) is 0. The highest BCUT2D eigenvalue weighted by molar-refractivity contribution is 5.72. The Hall–Kier alpha value is -3.33. The van der Waals surface area contributed by atoms with Crippen molar-refractivity contribution in [1.82, 2.24) is 4.90 Å². The maximum absolute atomic E-state index is 13.9. The average molecular weight is 445 g/mol. The smallest absolute Gasteiger partial charge is 0.295 e. The largest absolute Gasteiger partial charge is 0.512 e. The summed E-state index contributed by atoms with van der Waals surface area (Å²) < 4.78 is 18.8. The van der Waals surface area contributed by atoms with Gasteiger partial charge < -0.3 is 20.1 Å². The van der Waals surface area contributed by atoms with Gasteiger partial charge >= 0.3 is 0 Å². The predicted octanol–water partition coefficient (Wildman–Crippen LogP) is 4.71. The zero-order valence-electron chi connectivity index (χ0n) is 18.6. The van der Waals surface area contributed by atoms with E-state index in [2.05, 4.69) is 21.7 Å². The summed E-state index contributed by atoms with van der Waals surface area (Å²) in [7, 11) is 1.31. The van der Waals surface area contributed by atoms with Crippen LogP contribution in [0.3, 0.4) is 0 Å². The molecule has 3 rings (SSSR count). The molecule has 0 atom stereocenters. The number of nitrogens with zero attached hydrogens (tertiary/aromatic N) is 3. The number of benzene rings is 2. The summed E-state index contributed by atoms with van der Waals surface area (Å²) in [5, 5.41) is 24.0. The van der Waals surface area contributed by atoms with Crippen LogP contribution >= 0.6 is 0 Å². The third-order valence-electron chi connectivity index (χ3n) is 5.75. The Morgan fingerprint density at radius 1 is 1.25 bits per heavy atom. The van der Waals surface area contributed by atoms with E-state index in [0.29, 0.717) is 5.69 Å². The molecule has 1 aliphatic heterocycles. The number of hydrogen-bond acceptors (Lipinski definition) is 7. The molecule has 1 aliphatic rings. The molecule has 172 valence electrons. The van der Waals surface area contributed by atoms with Crippen molar-refractivity contribution in [3.05, 3.63) is 64.7 Å². The molecular weight excluding hydrogens is 415 g/mol. The van der Waals surface area contributed by atoms with Crippen molar-refractivity contribution in [2.24, 2.45) is 5.41 Å². The summed E-state index contributed by atoms with van der Waals surface area (Å²) in [6, 6.07) is 9.69. The summed E-state index contributed by atoms with van der Waals surface area (Å²) >= 11 is 0. The highest BCUT2D eigenvalue weighted by Gasteiger charge is 2.27. The van der Waals surface area contributed by atoms with Crippen LogP contribution in [0, 0.1) is 21.3 Å². The SMILES string of the molecule is C=C(O)C(C)(C)CN1CCN(c2ccc(Nc3cc(OC)c(F)cc3[N+](=O)[O-])cc2)CC1. The second-order valence-corrected chi connectivity index (χ2v) is 8.53.